The highest BCUT2D eigenvalue weighted by molar-refractivity contribution is 5.95. The van der Waals surface area contributed by atoms with Gasteiger partial charge in [-0.2, -0.15) is 5.10 Å². The number of aromatic nitrogens is 2. The molecule has 134 valence electrons. The Morgan fingerprint density at radius 2 is 2.08 bits per heavy atom. The van der Waals surface area contributed by atoms with E-state index in [0.29, 0.717) is 18.0 Å². The fourth-order valence-electron chi connectivity index (χ4n) is 4.19. The molecule has 2 fully saturated rings. The summed E-state index contributed by atoms with van der Waals surface area (Å²) in [5.74, 6) is 0.716. The molecule has 3 rings (SSSR count). The highest BCUT2D eigenvalue weighted by Gasteiger charge is 2.32. The fourth-order valence-corrected chi connectivity index (χ4v) is 4.19. The number of aryl methyl sites for hydroxylation is 1. The Kier molecular flexibility index (Phi) is 5.89. The lowest BCUT2D eigenvalue weighted by molar-refractivity contribution is 0.0464. The minimum Gasteiger partial charge on any atom is -0.396 e. The van der Waals surface area contributed by atoms with E-state index in [1.165, 1.54) is 25.9 Å². The van der Waals surface area contributed by atoms with E-state index in [1.54, 1.807) is 6.20 Å². The third-order valence-corrected chi connectivity index (χ3v) is 5.33. The molecule has 3 heterocycles. The summed E-state index contributed by atoms with van der Waals surface area (Å²) < 4.78 is 0. The van der Waals surface area contributed by atoms with Gasteiger partial charge in [0, 0.05) is 31.9 Å². The van der Waals surface area contributed by atoms with Crippen molar-refractivity contribution < 1.29 is 9.90 Å². The molecule has 0 aromatic carbocycles. The first kappa shape index (κ1) is 17.4. The number of H-pyrrole nitrogens is 1. The molecule has 6 heteroatoms. The second-order valence-electron chi connectivity index (χ2n) is 7.38. The van der Waals surface area contributed by atoms with Gasteiger partial charge in [-0.25, -0.2) is 0 Å². The lowest BCUT2D eigenvalue weighted by Gasteiger charge is -2.38. The number of nitrogens with one attached hydrogen (secondary N) is 1. The van der Waals surface area contributed by atoms with Crippen LogP contribution in [-0.4, -0.2) is 70.3 Å². The van der Waals surface area contributed by atoms with Crippen LogP contribution in [0.25, 0.3) is 0 Å². The predicted molar refractivity (Wildman–Crippen MR) is 92.8 cm³/mol. The maximum absolute atomic E-state index is 13.0. The molecule has 0 unspecified atom stereocenters. The van der Waals surface area contributed by atoms with Crippen molar-refractivity contribution >= 4 is 5.91 Å². The lowest BCUT2D eigenvalue weighted by atomic mass is 9.88. The van der Waals surface area contributed by atoms with Crippen LogP contribution in [0.3, 0.4) is 0 Å². The highest BCUT2D eigenvalue weighted by atomic mass is 16.3. The lowest BCUT2D eigenvalue weighted by Crippen LogP contribution is -2.47. The molecule has 1 aromatic rings. The summed E-state index contributed by atoms with van der Waals surface area (Å²) in [5.41, 5.74) is 1.64. The zero-order valence-corrected chi connectivity index (χ0v) is 14.7. The van der Waals surface area contributed by atoms with E-state index >= 15 is 0 Å². The largest absolute Gasteiger partial charge is 0.396 e. The Morgan fingerprint density at radius 3 is 2.79 bits per heavy atom. The summed E-state index contributed by atoms with van der Waals surface area (Å²) in [4.78, 5) is 17.4. The standard InChI is InChI=1S/C18H30N4O2/c1-2-5-17-16(9-19-20-17)18(24)22-11-14(8-15(12-22)13-23)10-21-6-3-4-7-21/h9,14-15,23H,2-8,10-13H2,1H3,(H,19,20)/t14-,15-/m1/s1. The van der Waals surface area contributed by atoms with Gasteiger partial charge in [-0.05, 0) is 50.6 Å². The topological polar surface area (TPSA) is 72.5 Å². The maximum atomic E-state index is 13.0. The summed E-state index contributed by atoms with van der Waals surface area (Å²) in [6, 6.07) is 0. The minimum absolute atomic E-state index is 0.0665. The van der Waals surface area contributed by atoms with Crippen LogP contribution in [0.15, 0.2) is 6.20 Å². The van der Waals surface area contributed by atoms with Gasteiger partial charge >= 0.3 is 0 Å². The van der Waals surface area contributed by atoms with Crippen LogP contribution >= 0.6 is 0 Å². The van der Waals surface area contributed by atoms with Gasteiger partial charge in [0.2, 0.25) is 0 Å². The molecule has 2 saturated heterocycles. The van der Waals surface area contributed by atoms with E-state index < -0.39 is 0 Å². The van der Waals surface area contributed by atoms with Crippen molar-refractivity contribution in [3.63, 3.8) is 0 Å². The molecule has 0 bridgehead atoms. The van der Waals surface area contributed by atoms with E-state index in [1.807, 2.05) is 4.90 Å². The number of nitrogens with zero attached hydrogens (tertiary/aromatic N) is 3. The summed E-state index contributed by atoms with van der Waals surface area (Å²) in [5, 5.41) is 16.7. The van der Waals surface area contributed by atoms with Gasteiger partial charge in [-0.15, -0.1) is 0 Å². The van der Waals surface area contributed by atoms with E-state index in [-0.39, 0.29) is 18.4 Å². The molecule has 0 aliphatic carbocycles. The second kappa shape index (κ2) is 8.12. The average Bonchev–Trinajstić information content (AvgIpc) is 3.26. The number of carbonyl (C=O) groups excluding carboxylic acids is 1. The molecule has 1 amide bonds. The van der Waals surface area contributed by atoms with Gasteiger partial charge in [0.05, 0.1) is 11.8 Å². The van der Waals surface area contributed by atoms with E-state index in [9.17, 15) is 9.90 Å². The summed E-state index contributed by atoms with van der Waals surface area (Å²) >= 11 is 0. The van der Waals surface area contributed by atoms with Gasteiger partial charge in [0.1, 0.15) is 0 Å². The third kappa shape index (κ3) is 3.98. The van der Waals surface area contributed by atoms with Gasteiger partial charge < -0.3 is 14.9 Å². The van der Waals surface area contributed by atoms with E-state index in [2.05, 4.69) is 22.0 Å². The summed E-state index contributed by atoms with van der Waals surface area (Å²) in [6.45, 7) is 7.11. The monoisotopic (exact) mass is 334 g/mol. The Hall–Kier alpha value is -1.40. The first-order chi connectivity index (χ1) is 11.7. The molecular formula is C18H30N4O2. The number of amides is 1. The number of likely N-dealkylation sites (tertiary alicyclic amines) is 2. The molecule has 2 atom stereocenters. The number of piperidine rings is 1. The van der Waals surface area contributed by atoms with Gasteiger partial charge in [0.15, 0.2) is 0 Å². The smallest absolute Gasteiger partial charge is 0.257 e. The number of rotatable bonds is 6. The second-order valence-corrected chi connectivity index (χ2v) is 7.38. The fraction of sp³-hybridized carbons (Fsp3) is 0.778. The van der Waals surface area contributed by atoms with Crippen molar-refractivity contribution in [1.29, 1.82) is 0 Å². The molecular weight excluding hydrogens is 304 g/mol. The first-order valence-electron chi connectivity index (χ1n) is 9.36. The number of hydrogen-bond acceptors (Lipinski definition) is 4. The number of aliphatic hydroxyl groups is 1. The van der Waals surface area contributed by atoms with Crippen LogP contribution < -0.4 is 0 Å². The van der Waals surface area contributed by atoms with Crippen LogP contribution in [0.2, 0.25) is 0 Å². The normalized spacial score (nSPS) is 25.3. The summed E-state index contributed by atoms with van der Waals surface area (Å²) in [6.07, 6.45) is 7.08. The molecule has 1 aromatic heterocycles. The molecule has 0 radical (unpaired) electrons. The molecule has 0 spiro atoms. The van der Waals surface area contributed by atoms with Crippen molar-refractivity contribution in [3.8, 4) is 0 Å². The van der Waals surface area contributed by atoms with Gasteiger partial charge in [-0.3, -0.25) is 9.89 Å². The number of carbonyl (C=O) groups is 1. The Bertz CT molecular complexity index is 539. The van der Waals surface area contributed by atoms with Gasteiger partial charge in [-0.1, -0.05) is 13.3 Å². The maximum Gasteiger partial charge on any atom is 0.257 e. The Labute approximate surface area is 144 Å². The number of aliphatic hydroxyl groups excluding tert-OH is 1. The summed E-state index contributed by atoms with van der Waals surface area (Å²) in [7, 11) is 0. The highest BCUT2D eigenvalue weighted by Crippen LogP contribution is 2.25. The zero-order chi connectivity index (χ0) is 16.9. The van der Waals surface area contributed by atoms with Crippen LogP contribution in [0, 0.1) is 11.8 Å². The van der Waals surface area contributed by atoms with Crippen molar-refractivity contribution in [3.05, 3.63) is 17.5 Å². The molecule has 24 heavy (non-hydrogen) atoms. The van der Waals surface area contributed by atoms with Crippen molar-refractivity contribution in [2.75, 3.05) is 39.3 Å². The van der Waals surface area contributed by atoms with Crippen molar-refractivity contribution in [2.24, 2.45) is 11.8 Å². The first-order valence-corrected chi connectivity index (χ1v) is 9.36. The molecule has 2 aliphatic rings. The molecule has 0 saturated carbocycles. The van der Waals surface area contributed by atoms with Crippen molar-refractivity contribution in [2.45, 2.75) is 39.0 Å². The molecule has 2 aliphatic heterocycles. The Balaban J connectivity index is 1.68. The van der Waals surface area contributed by atoms with Crippen LogP contribution in [-0.2, 0) is 6.42 Å². The van der Waals surface area contributed by atoms with Crippen LogP contribution in [0.1, 0.15) is 48.7 Å². The number of aromatic amines is 1. The third-order valence-electron chi connectivity index (χ3n) is 5.33. The predicted octanol–water partition coefficient (Wildman–Crippen LogP) is 1.53. The van der Waals surface area contributed by atoms with Crippen LogP contribution in [0.5, 0.6) is 0 Å². The van der Waals surface area contributed by atoms with Gasteiger partial charge in [0.25, 0.3) is 5.91 Å². The zero-order valence-electron chi connectivity index (χ0n) is 14.7. The quantitative estimate of drug-likeness (QED) is 0.827. The minimum atomic E-state index is 0.0665. The number of hydrogen-bond donors (Lipinski definition) is 2. The van der Waals surface area contributed by atoms with E-state index in [4.69, 9.17) is 0 Å². The Morgan fingerprint density at radius 1 is 1.33 bits per heavy atom. The van der Waals surface area contributed by atoms with E-state index in [0.717, 1.165) is 38.0 Å². The molecule has 6 nitrogen and oxygen atoms in total. The average molecular weight is 334 g/mol. The van der Waals surface area contributed by atoms with Crippen LogP contribution in [0.4, 0.5) is 0 Å². The van der Waals surface area contributed by atoms with Crippen molar-refractivity contribution in [1.82, 2.24) is 20.0 Å². The SMILES string of the molecule is CCCc1[nH]ncc1C(=O)N1C[C@H](CO)C[C@H](CN2CCCC2)C1. The molecule has 2 N–H and O–H groups in total.